The van der Waals surface area contributed by atoms with Crippen LogP contribution in [-0.2, 0) is 4.79 Å². The molecule has 1 nitrogen and oxygen atoms in total. The van der Waals surface area contributed by atoms with Crippen LogP contribution < -0.4 is 0 Å². The number of hydrogen-bond donors (Lipinski definition) is 0. The minimum absolute atomic E-state index is 0.325. The van der Waals surface area contributed by atoms with Gasteiger partial charge in [0.1, 0.15) is 6.29 Å². The van der Waals surface area contributed by atoms with Gasteiger partial charge in [-0.15, -0.1) is 0 Å². The standard InChI is InChI=1S/C9H15F3OS/c1-3-8(14-6-4-5-13)7(2)9(10,11)12/h5,7-8H,3-4,6H2,1-2H3/t7?,8-/m1/s1. The topological polar surface area (TPSA) is 17.1 Å². The van der Waals surface area contributed by atoms with Crippen molar-refractivity contribution in [2.75, 3.05) is 5.75 Å². The lowest BCUT2D eigenvalue weighted by molar-refractivity contribution is -0.169. The molecule has 0 radical (unpaired) electrons. The van der Waals surface area contributed by atoms with Gasteiger partial charge in [-0.1, -0.05) is 13.8 Å². The minimum Gasteiger partial charge on any atom is -0.303 e. The number of rotatable bonds is 6. The fourth-order valence-corrected chi connectivity index (χ4v) is 2.31. The molecular formula is C9H15F3OS. The van der Waals surface area contributed by atoms with Crippen LogP contribution in [0.3, 0.4) is 0 Å². The highest BCUT2D eigenvalue weighted by atomic mass is 32.2. The second-order valence-electron chi connectivity index (χ2n) is 3.10. The van der Waals surface area contributed by atoms with E-state index in [4.69, 9.17) is 0 Å². The van der Waals surface area contributed by atoms with E-state index in [9.17, 15) is 18.0 Å². The van der Waals surface area contributed by atoms with Crippen LogP contribution in [0.25, 0.3) is 0 Å². The summed E-state index contributed by atoms with van der Waals surface area (Å²) >= 11 is 1.23. The van der Waals surface area contributed by atoms with Crippen molar-refractivity contribution in [1.29, 1.82) is 0 Å². The maximum Gasteiger partial charge on any atom is 0.392 e. The lowest BCUT2D eigenvalue weighted by Crippen LogP contribution is -2.29. The highest BCUT2D eigenvalue weighted by molar-refractivity contribution is 7.99. The molecule has 0 aromatic heterocycles. The number of carbonyl (C=O) groups excluding carboxylic acids is 1. The fraction of sp³-hybridized carbons (Fsp3) is 0.889. The monoisotopic (exact) mass is 228 g/mol. The van der Waals surface area contributed by atoms with Crippen molar-refractivity contribution in [2.24, 2.45) is 5.92 Å². The first-order valence-electron chi connectivity index (χ1n) is 4.55. The first kappa shape index (κ1) is 13.8. The van der Waals surface area contributed by atoms with E-state index in [0.717, 1.165) is 6.29 Å². The Labute approximate surface area is 86.4 Å². The molecule has 0 aliphatic heterocycles. The van der Waals surface area contributed by atoms with Crippen LogP contribution in [0.4, 0.5) is 13.2 Å². The van der Waals surface area contributed by atoms with Crippen LogP contribution in [0.2, 0.25) is 0 Å². The Morgan fingerprint density at radius 3 is 2.36 bits per heavy atom. The van der Waals surface area contributed by atoms with Gasteiger partial charge in [0.15, 0.2) is 0 Å². The van der Waals surface area contributed by atoms with Gasteiger partial charge in [0.25, 0.3) is 0 Å². The Bertz CT molecular complexity index is 170. The first-order valence-corrected chi connectivity index (χ1v) is 5.60. The van der Waals surface area contributed by atoms with E-state index < -0.39 is 17.3 Å². The molecule has 0 saturated carbocycles. The van der Waals surface area contributed by atoms with Gasteiger partial charge in [-0.3, -0.25) is 0 Å². The summed E-state index contributed by atoms with van der Waals surface area (Å²) in [6.07, 6.45) is -2.59. The van der Waals surface area contributed by atoms with Gasteiger partial charge in [0.05, 0.1) is 5.92 Å². The molecule has 2 atom stereocenters. The summed E-state index contributed by atoms with van der Waals surface area (Å²) in [5.74, 6) is -0.827. The molecule has 0 amide bonds. The average Bonchev–Trinajstić information content (AvgIpc) is 2.10. The van der Waals surface area contributed by atoms with Gasteiger partial charge in [-0.05, 0) is 6.42 Å². The Hall–Kier alpha value is -0.190. The van der Waals surface area contributed by atoms with Crippen LogP contribution in [0.5, 0.6) is 0 Å². The summed E-state index contributed by atoms with van der Waals surface area (Å²) in [4.78, 5) is 10.0. The number of aldehydes is 1. The molecule has 5 heteroatoms. The van der Waals surface area contributed by atoms with E-state index in [1.165, 1.54) is 18.7 Å². The third-order valence-electron chi connectivity index (χ3n) is 2.04. The van der Waals surface area contributed by atoms with Crippen molar-refractivity contribution in [3.63, 3.8) is 0 Å². The lowest BCUT2D eigenvalue weighted by atomic mass is 10.1. The van der Waals surface area contributed by atoms with Crippen molar-refractivity contribution < 1.29 is 18.0 Å². The van der Waals surface area contributed by atoms with E-state index in [0.29, 0.717) is 18.6 Å². The fourth-order valence-electron chi connectivity index (χ4n) is 1.09. The van der Waals surface area contributed by atoms with E-state index in [-0.39, 0.29) is 0 Å². The molecule has 0 fully saturated rings. The highest BCUT2D eigenvalue weighted by Gasteiger charge is 2.40. The molecule has 1 unspecified atom stereocenters. The molecule has 14 heavy (non-hydrogen) atoms. The molecular weight excluding hydrogens is 213 g/mol. The summed E-state index contributed by atoms with van der Waals surface area (Å²) in [6, 6.07) is 0. The molecule has 0 bridgehead atoms. The third-order valence-corrected chi connectivity index (χ3v) is 3.69. The summed E-state index contributed by atoms with van der Waals surface area (Å²) in [7, 11) is 0. The number of carbonyl (C=O) groups is 1. The largest absolute Gasteiger partial charge is 0.392 e. The predicted molar refractivity (Wildman–Crippen MR) is 52.4 cm³/mol. The van der Waals surface area contributed by atoms with Crippen molar-refractivity contribution in [3.05, 3.63) is 0 Å². The zero-order chi connectivity index (χ0) is 11.2. The SMILES string of the molecule is CC[C@@H](SCCC=O)C(C)C(F)(F)F. The molecule has 0 aromatic rings. The zero-order valence-electron chi connectivity index (χ0n) is 8.30. The summed E-state index contributed by atoms with van der Waals surface area (Å²) in [5.41, 5.74) is 0. The normalized spacial score (nSPS) is 16.4. The third kappa shape index (κ3) is 4.88. The Morgan fingerprint density at radius 1 is 1.43 bits per heavy atom. The lowest BCUT2D eigenvalue weighted by Gasteiger charge is -2.24. The zero-order valence-corrected chi connectivity index (χ0v) is 9.12. The number of thioether (sulfide) groups is 1. The van der Waals surface area contributed by atoms with Crippen molar-refractivity contribution >= 4 is 18.0 Å². The molecule has 84 valence electrons. The molecule has 0 aromatic carbocycles. The highest BCUT2D eigenvalue weighted by Crippen LogP contribution is 2.35. The van der Waals surface area contributed by atoms with Crippen molar-refractivity contribution in [2.45, 2.75) is 38.1 Å². The average molecular weight is 228 g/mol. The molecule has 0 rings (SSSR count). The number of hydrogen-bond acceptors (Lipinski definition) is 2. The van der Waals surface area contributed by atoms with Crippen LogP contribution >= 0.6 is 11.8 Å². The van der Waals surface area contributed by atoms with Gasteiger partial charge in [-0.2, -0.15) is 24.9 Å². The second-order valence-corrected chi connectivity index (χ2v) is 4.45. The van der Waals surface area contributed by atoms with Gasteiger partial charge < -0.3 is 4.79 Å². The van der Waals surface area contributed by atoms with Crippen LogP contribution in [0, 0.1) is 5.92 Å². The first-order chi connectivity index (χ1) is 6.43. The van der Waals surface area contributed by atoms with Crippen LogP contribution in [-0.4, -0.2) is 23.5 Å². The molecule has 0 aliphatic rings. The van der Waals surface area contributed by atoms with Gasteiger partial charge in [-0.25, -0.2) is 0 Å². The molecule has 0 N–H and O–H groups in total. The van der Waals surface area contributed by atoms with Crippen molar-refractivity contribution in [3.8, 4) is 0 Å². The Kier molecular flexibility index (Phi) is 6.24. The van der Waals surface area contributed by atoms with Crippen molar-refractivity contribution in [1.82, 2.24) is 0 Å². The smallest absolute Gasteiger partial charge is 0.303 e. The predicted octanol–water partition coefficient (Wildman–Crippen LogP) is 3.29. The van der Waals surface area contributed by atoms with Crippen LogP contribution in [0.15, 0.2) is 0 Å². The van der Waals surface area contributed by atoms with Gasteiger partial charge >= 0.3 is 6.18 Å². The van der Waals surface area contributed by atoms with E-state index >= 15 is 0 Å². The quantitative estimate of drug-likeness (QED) is 0.512. The van der Waals surface area contributed by atoms with Crippen LogP contribution in [0.1, 0.15) is 26.7 Å². The molecule has 0 aliphatic carbocycles. The molecule has 0 spiro atoms. The summed E-state index contributed by atoms with van der Waals surface area (Å²) in [6.45, 7) is 2.93. The van der Waals surface area contributed by atoms with Gasteiger partial charge in [0, 0.05) is 17.4 Å². The molecule has 0 heterocycles. The Balaban J connectivity index is 4.05. The van der Waals surface area contributed by atoms with E-state index in [1.807, 2.05) is 0 Å². The van der Waals surface area contributed by atoms with Gasteiger partial charge in [0.2, 0.25) is 0 Å². The molecule has 0 saturated heterocycles. The maximum absolute atomic E-state index is 12.3. The minimum atomic E-state index is -4.13. The second kappa shape index (κ2) is 6.32. The summed E-state index contributed by atoms with van der Waals surface area (Å²) < 4.78 is 36.9. The number of halogens is 3. The Morgan fingerprint density at radius 2 is 2.00 bits per heavy atom. The summed E-state index contributed by atoms with van der Waals surface area (Å²) in [5, 5.41) is -0.435. The number of alkyl halides is 3. The van der Waals surface area contributed by atoms with E-state index in [1.54, 1.807) is 6.92 Å². The van der Waals surface area contributed by atoms with E-state index in [2.05, 4.69) is 0 Å². The maximum atomic E-state index is 12.3.